The number of aromatic nitrogens is 2. The predicted octanol–water partition coefficient (Wildman–Crippen LogP) is 4.38. The topological polar surface area (TPSA) is 122 Å². The van der Waals surface area contributed by atoms with Gasteiger partial charge in [0.2, 0.25) is 0 Å². The maximum atomic E-state index is 12.9. The number of anilines is 1. The Hall–Kier alpha value is -3.23. The van der Waals surface area contributed by atoms with E-state index >= 15 is 0 Å². The Labute approximate surface area is 203 Å². The van der Waals surface area contributed by atoms with Crippen LogP contribution in [0.2, 0.25) is 0 Å². The number of ketones is 1. The van der Waals surface area contributed by atoms with Crippen molar-refractivity contribution in [2.45, 2.75) is 50.3 Å². The van der Waals surface area contributed by atoms with Crippen LogP contribution in [0.3, 0.4) is 0 Å². The van der Waals surface area contributed by atoms with E-state index in [0.717, 1.165) is 35.5 Å². The zero-order valence-electron chi connectivity index (χ0n) is 19.8. The number of benzene rings is 2. The summed E-state index contributed by atoms with van der Waals surface area (Å²) in [5.41, 5.74) is 9.25. The summed E-state index contributed by atoms with van der Waals surface area (Å²) in [5, 5.41) is 11.7. The summed E-state index contributed by atoms with van der Waals surface area (Å²) in [6.45, 7) is 7.66. The van der Waals surface area contributed by atoms with Gasteiger partial charge in [0.05, 0.1) is 29.1 Å². The molecule has 1 heterocycles. The van der Waals surface area contributed by atoms with Crippen LogP contribution in [-0.2, 0) is 17.3 Å². The van der Waals surface area contributed by atoms with Gasteiger partial charge >= 0.3 is 0 Å². The maximum Gasteiger partial charge on any atom is 0.190 e. The van der Waals surface area contributed by atoms with Gasteiger partial charge in [-0.25, -0.2) is 9.97 Å². The molecule has 8 heteroatoms. The zero-order valence-corrected chi connectivity index (χ0v) is 20.6. The second kappa shape index (κ2) is 11.8. The van der Waals surface area contributed by atoms with E-state index in [-0.39, 0.29) is 34.7 Å². The molecule has 1 unspecified atom stereocenters. The summed E-state index contributed by atoms with van der Waals surface area (Å²) in [7, 11) is -1.08. The number of Topliss-reactive ketones (excluding diaryl/α,β-unsaturated/α-hetero) is 1. The standard InChI is InChI=1S/C26H31N5O2S/c1-4-13-29-15-18-5-7-19(8-6-18)22(27)14-24(32)25-26(28)30-16-23(31-25)20-9-11-21(12-10-20)34(33)17(2)3/h5-12,16-17,27,29H,4,13-15H2,1-3H3,(H2,28,30). The molecular formula is C26H31N5O2S. The Bertz CT molecular complexity index is 1170. The number of nitrogens with zero attached hydrogens (tertiary/aromatic N) is 2. The van der Waals surface area contributed by atoms with Crippen LogP contribution in [0.5, 0.6) is 0 Å². The minimum Gasteiger partial charge on any atom is -0.382 e. The van der Waals surface area contributed by atoms with Gasteiger partial charge in [-0.3, -0.25) is 9.00 Å². The van der Waals surface area contributed by atoms with Crippen LogP contribution < -0.4 is 11.1 Å². The number of rotatable bonds is 11. The van der Waals surface area contributed by atoms with Crippen molar-refractivity contribution >= 4 is 28.1 Å². The highest BCUT2D eigenvalue weighted by molar-refractivity contribution is 7.85. The number of hydrogen-bond donors (Lipinski definition) is 3. The highest BCUT2D eigenvalue weighted by Crippen LogP contribution is 2.22. The molecule has 0 aliphatic heterocycles. The van der Waals surface area contributed by atoms with Gasteiger partial charge in [0.15, 0.2) is 11.6 Å². The van der Waals surface area contributed by atoms with Gasteiger partial charge in [-0.05, 0) is 36.2 Å². The molecule has 1 atom stereocenters. The largest absolute Gasteiger partial charge is 0.382 e. The minimum absolute atomic E-state index is 0.0237. The number of carbonyl (C=O) groups excluding carboxylic acids is 1. The first kappa shape index (κ1) is 25.4. The van der Waals surface area contributed by atoms with Crippen LogP contribution in [0.25, 0.3) is 11.3 Å². The Balaban J connectivity index is 1.72. The number of hydrogen-bond acceptors (Lipinski definition) is 7. The van der Waals surface area contributed by atoms with E-state index in [1.54, 1.807) is 12.1 Å². The average molecular weight is 478 g/mol. The zero-order chi connectivity index (χ0) is 24.7. The Morgan fingerprint density at radius 3 is 2.41 bits per heavy atom. The van der Waals surface area contributed by atoms with E-state index in [4.69, 9.17) is 11.1 Å². The molecule has 3 rings (SSSR count). The molecule has 0 aliphatic rings. The summed E-state index contributed by atoms with van der Waals surface area (Å²) in [5.74, 6) is -0.320. The monoisotopic (exact) mass is 477 g/mol. The molecular weight excluding hydrogens is 446 g/mol. The highest BCUT2D eigenvalue weighted by Gasteiger charge is 2.18. The number of carbonyl (C=O) groups is 1. The van der Waals surface area contributed by atoms with E-state index in [1.807, 2.05) is 50.2 Å². The first-order valence-corrected chi connectivity index (χ1v) is 12.6. The van der Waals surface area contributed by atoms with Crippen molar-refractivity contribution in [1.29, 1.82) is 5.41 Å². The number of nitrogens with one attached hydrogen (secondary N) is 2. The van der Waals surface area contributed by atoms with Gasteiger partial charge in [0, 0.05) is 28.0 Å². The molecule has 0 saturated carbocycles. The fourth-order valence-electron chi connectivity index (χ4n) is 3.35. The number of nitrogens with two attached hydrogens (primary N) is 1. The Kier molecular flexibility index (Phi) is 8.79. The molecule has 0 aliphatic carbocycles. The summed E-state index contributed by atoms with van der Waals surface area (Å²) in [6.07, 6.45) is 2.46. The molecule has 0 saturated heterocycles. The molecule has 4 N–H and O–H groups in total. The summed E-state index contributed by atoms with van der Waals surface area (Å²) in [6, 6.07) is 14.8. The Morgan fingerprint density at radius 2 is 1.79 bits per heavy atom. The van der Waals surface area contributed by atoms with Crippen molar-refractivity contribution in [2.75, 3.05) is 12.3 Å². The van der Waals surface area contributed by atoms with Gasteiger partial charge < -0.3 is 16.5 Å². The van der Waals surface area contributed by atoms with Crippen molar-refractivity contribution in [3.63, 3.8) is 0 Å². The maximum absolute atomic E-state index is 12.9. The lowest BCUT2D eigenvalue weighted by Crippen LogP contribution is -2.15. The molecule has 0 radical (unpaired) electrons. The first-order valence-electron chi connectivity index (χ1n) is 11.3. The van der Waals surface area contributed by atoms with Gasteiger partial charge in [0.1, 0.15) is 5.69 Å². The van der Waals surface area contributed by atoms with Crippen LogP contribution in [0.15, 0.2) is 59.6 Å². The molecule has 2 aromatic carbocycles. The van der Waals surface area contributed by atoms with Gasteiger partial charge in [0.25, 0.3) is 0 Å². The second-order valence-corrected chi connectivity index (χ2v) is 10.3. The molecule has 0 bridgehead atoms. The molecule has 7 nitrogen and oxygen atoms in total. The molecule has 34 heavy (non-hydrogen) atoms. The van der Waals surface area contributed by atoms with Gasteiger partial charge in [-0.2, -0.15) is 0 Å². The molecule has 0 amide bonds. The van der Waals surface area contributed by atoms with E-state index in [0.29, 0.717) is 11.3 Å². The van der Waals surface area contributed by atoms with Crippen LogP contribution in [0.4, 0.5) is 5.82 Å². The lowest BCUT2D eigenvalue weighted by molar-refractivity contribution is 0.0996. The predicted molar refractivity (Wildman–Crippen MR) is 138 cm³/mol. The third kappa shape index (κ3) is 6.42. The number of nitrogen functional groups attached to an aromatic ring is 1. The van der Waals surface area contributed by atoms with Crippen molar-refractivity contribution in [1.82, 2.24) is 15.3 Å². The first-order chi connectivity index (χ1) is 16.3. The van der Waals surface area contributed by atoms with Gasteiger partial charge in [-0.15, -0.1) is 0 Å². The molecule has 0 fully saturated rings. The second-order valence-electron chi connectivity index (χ2n) is 8.31. The van der Waals surface area contributed by atoms with Crippen LogP contribution in [0.1, 0.15) is 55.2 Å². The fraction of sp³-hybridized carbons (Fsp3) is 0.308. The third-order valence-corrected chi connectivity index (χ3v) is 6.86. The van der Waals surface area contributed by atoms with E-state index in [9.17, 15) is 9.00 Å². The normalized spacial score (nSPS) is 12.0. The summed E-state index contributed by atoms with van der Waals surface area (Å²) in [4.78, 5) is 22.2. The van der Waals surface area contributed by atoms with E-state index < -0.39 is 10.8 Å². The van der Waals surface area contributed by atoms with Gasteiger partial charge in [-0.1, -0.05) is 57.2 Å². The quantitative estimate of drug-likeness (QED) is 0.214. The van der Waals surface area contributed by atoms with E-state index in [2.05, 4.69) is 22.2 Å². The fourth-order valence-corrected chi connectivity index (χ4v) is 4.30. The summed E-state index contributed by atoms with van der Waals surface area (Å²) >= 11 is 0. The van der Waals surface area contributed by atoms with Crippen LogP contribution in [0, 0.1) is 5.41 Å². The van der Waals surface area contributed by atoms with Crippen molar-refractivity contribution in [2.24, 2.45) is 0 Å². The van der Waals surface area contributed by atoms with Crippen molar-refractivity contribution < 1.29 is 9.00 Å². The summed E-state index contributed by atoms with van der Waals surface area (Å²) < 4.78 is 12.3. The van der Waals surface area contributed by atoms with Crippen LogP contribution >= 0.6 is 0 Å². The lowest BCUT2D eigenvalue weighted by atomic mass is 10.0. The smallest absolute Gasteiger partial charge is 0.190 e. The SMILES string of the molecule is CCCNCc1ccc(C(=N)CC(=O)c2nc(-c3ccc(S(=O)C(C)C)cc3)cnc2N)cc1. The molecule has 0 spiro atoms. The molecule has 1 aromatic heterocycles. The lowest BCUT2D eigenvalue weighted by Gasteiger charge is -2.09. The minimum atomic E-state index is -1.08. The molecule has 3 aromatic rings. The molecule has 178 valence electrons. The van der Waals surface area contributed by atoms with Crippen LogP contribution in [-0.4, -0.2) is 37.5 Å². The average Bonchev–Trinajstić information content (AvgIpc) is 2.84. The van der Waals surface area contributed by atoms with E-state index in [1.165, 1.54) is 6.20 Å². The van der Waals surface area contributed by atoms with Crippen molar-refractivity contribution in [3.8, 4) is 11.3 Å². The highest BCUT2D eigenvalue weighted by atomic mass is 32.2. The third-order valence-electron chi connectivity index (χ3n) is 5.27. The Morgan fingerprint density at radius 1 is 1.12 bits per heavy atom. The van der Waals surface area contributed by atoms with Crippen molar-refractivity contribution in [3.05, 3.63) is 71.5 Å².